The van der Waals surface area contributed by atoms with Crippen LogP contribution in [0, 0.1) is 0 Å². The second-order valence-corrected chi connectivity index (χ2v) is 6.73. The molecule has 0 bridgehead atoms. The van der Waals surface area contributed by atoms with Crippen LogP contribution in [0.4, 0.5) is 16.2 Å². The Bertz CT molecular complexity index is 765. The van der Waals surface area contributed by atoms with Gasteiger partial charge in [-0.3, -0.25) is 10.3 Å². The summed E-state index contributed by atoms with van der Waals surface area (Å²) in [6, 6.07) is 12.5. The van der Waals surface area contributed by atoms with Crippen molar-refractivity contribution in [1.82, 2.24) is 0 Å². The first-order valence-electron chi connectivity index (χ1n) is 7.74. The van der Waals surface area contributed by atoms with Crippen LogP contribution >= 0.6 is 11.6 Å². The van der Waals surface area contributed by atoms with Crippen molar-refractivity contribution < 1.29 is 14.3 Å². The maximum absolute atomic E-state index is 11.7. The van der Waals surface area contributed by atoms with E-state index in [4.69, 9.17) is 21.1 Å². The number of ether oxygens (including phenoxy) is 2. The van der Waals surface area contributed by atoms with E-state index < -0.39 is 11.7 Å². The van der Waals surface area contributed by atoms with Crippen molar-refractivity contribution in [3.63, 3.8) is 0 Å². The van der Waals surface area contributed by atoms with Gasteiger partial charge < -0.3 is 9.47 Å². The molecule has 0 heterocycles. The summed E-state index contributed by atoms with van der Waals surface area (Å²) in [4.78, 5) is 16.1. The molecule has 5 nitrogen and oxygen atoms in total. The van der Waals surface area contributed by atoms with Gasteiger partial charge in [0.15, 0.2) is 0 Å². The summed E-state index contributed by atoms with van der Waals surface area (Å²) in [6.45, 7) is 5.44. The van der Waals surface area contributed by atoms with Crippen molar-refractivity contribution in [2.24, 2.45) is 4.99 Å². The summed E-state index contributed by atoms with van der Waals surface area (Å²) in [5, 5.41) is 3.23. The van der Waals surface area contributed by atoms with Gasteiger partial charge in [0.05, 0.1) is 17.8 Å². The molecule has 0 aliphatic heterocycles. The normalized spacial score (nSPS) is 11.4. The van der Waals surface area contributed by atoms with Crippen molar-refractivity contribution in [1.29, 1.82) is 0 Å². The number of hydrogen-bond donors (Lipinski definition) is 1. The zero-order valence-electron chi connectivity index (χ0n) is 14.7. The van der Waals surface area contributed by atoms with E-state index in [2.05, 4.69) is 10.3 Å². The molecule has 0 aromatic heterocycles. The fourth-order valence-corrected chi connectivity index (χ4v) is 2.16. The molecule has 132 valence electrons. The quantitative estimate of drug-likeness (QED) is 0.738. The van der Waals surface area contributed by atoms with E-state index in [1.165, 1.54) is 0 Å². The lowest BCUT2D eigenvalue weighted by molar-refractivity contribution is 0.0636. The predicted molar refractivity (Wildman–Crippen MR) is 102 cm³/mol. The van der Waals surface area contributed by atoms with E-state index in [0.29, 0.717) is 16.5 Å². The van der Waals surface area contributed by atoms with Gasteiger partial charge in [0.1, 0.15) is 11.4 Å². The number of aliphatic imine (C=N–C) groups is 1. The molecule has 0 unspecified atom stereocenters. The van der Waals surface area contributed by atoms with E-state index >= 15 is 0 Å². The Kier molecular flexibility index (Phi) is 6.04. The van der Waals surface area contributed by atoms with Crippen LogP contribution < -0.4 is 10.1 Å². The van der Waals surface area contributed by atoms with Crippen LogP contribution in [0.3, 0.4) is 0 Å². The minimum absolute atomic E-state index is 0.492. The lowest BCUT2D eigenvalue weighted by atomic mass is 10.2. The number of anilines is 1. The number of carbonyl (C=O) groups is 1. The first kappa shape index (κ1) is 18.8. The SMILES string of the molecule is COc1ccc(C=Nc2ccc(NC(=O)OC(C)(C)C)cc2)c(Cl)c1. The molecular formula is C19H21ClN2O3. The Labute approximate surface area is 152 Å². The average molecular weight is 361 g/mol. The number of methoxy groups -OCH3 is 1. The molecule has 2 rings (SSSR count). The number of nitrogens with one attached hydrogen (secondary N) is 1. The fraction of sp³-hybridized carbons (Fsp3) is 0.263. The van der Waals surface area contributed by atoms with Gasteiger partial charge in [-0.05, 0) is 63.2 Å². The Hall–Kier alpha value is -2.53. The van der Waals surface area contributed by atoms with Gasteiger partial charge in [-0.2, -0.15) is 0 Å². The highest BCUT2D eigenvalue weighted by Gasteiger charge is 2.15. The van der Waals surface area contributed by atoms with E-state index in [1.807, 2.05) is 32.9 Å². The number of rotatable bonds is 4. The summed E-state index contributed by atoms with van der Waals surface area (Å²) >= 11 is 6.18. The maximum atomic E-state index is 11.7. The van der Waals surface area contributed by atoms with E-state index in [0.717, 1.165) is 11.3 Å². The molecule has 0 fully saturated rings. The van der Waals surface area contributed by atoms with Gasteiger partial charge in [0.25, 0.3) is 0 Å². The first-order valence-corrected chi connectivity index (χ1v) is 8.12. The van der Waals surface area contributed by atoms with Crippen molar-refractivity contribution in [2.45, 2.75) is 26.4 Å². The molecule has 0 aliphatic rings. The summed E-state index contributed by atoms with van der Waals surface area (Å²) in [7, 11) is 1.59. The average Bonchev–Trinajstić information content (AvgIpc) is 2.53. The molecule has 0 saturated carbocycles. The van der Waals surface area contributed by atoms with Crippen LogP contribution in [0.2, 0.25) is 5.02 Å². The zero-order chi connectivity index (χ0) is 18.4. The second-order valence-electron chi connectivity index (χ2n) is 6.32. The predicted octanol–water partition coefficient (Wildman–Crippen LogP) is 5.45. The van der Waals surface area contributed by atoms with Gasteiger partial charge in [0.2, 0.25) is 0 Å². The number of nitrogens with zero attached hydrogens (tertiary/aromatic N) is 1. The summed E-state index contributed by atoms with van der Waals surface area (Å²) in [6.07, 6.45) is 1.19. The lowest BCUT2D eigenvalue weighted by Crippen LogP contribution is -2.27. The third-order valence-corrected chi connectivity index (χ3v) is 3.40. The summed E-state index contributed by atoms with van der Waals surface area (Å²) < 4.78 is 10.3. The minimum Gasteiger partial charge on any atom is -0.497 e. The topological polar surface area (TPSA) is 59.9 Å². The number of halogens is 1. The summed E-state index contributed by atoms with van der Waals surface area (Å²) in [5.74, 6) is 0.694. The van der Waals surface area contributed by atoms with E-state index in [-0.39, 0.29) is 0 Å². The van der Waals surface area contributed by atoms with Crippen LogP contribution in [0.15, 0.2) is 47.5 Å². The fourth-order valence-electron chi connectivity index (χ4n) is 1.94. The molecule has 1 N–H and O–H groups in total. The van der Waals surface area contributed by atoms with Crippen molar-refractivity contribution >= 4 is 35.3 Å². The first-order chi connectivity index (χ1) is 11.8. The van der Waals surface area contributed by atoms with Crippen LogP contribution in [-0.2, 0) is 4.74 Å². The largest absolute Gasteiger partial charge is 0.497 e. The van der Waals surface area contributed by atoms with E-state index in [1.54, 1.807) is 43.7 Å². The molecule has 25 heavy (non-hydrogen) atoms. The van der Waals surface area contributed by atoms with Gasteiger partial charge in [-0.15, -0.1) is 0 Å². The Morgan fingerprint density at radius 2 is 1.84 bits per heavy atom. The van der Waals surface area contributed by atoms with Crippen molar-refractivity contribution in [3.05, 3.63) is 53.1 Å². The smallest absolute Gasteiger partial charge is 0.412 e. The van der Waals surface area contributed by atoms with Gasteiger partial charge >= 0.3 is 6.09 Å². The van der Waals surface area contributed by atoms with Gasteiger partial charge in [0, 0.05) is 17.5 Å². The molecule has 0 radical (unpaired) electrons. The molecule has 2 aromatic carbocycles. The van der Waals surface area contributed by atoms with Crippen molar-refractivity contribution in [3.8, 4) is 5.75 Å². The Balaban J connectivity index is 2.01. The number of hydrogen-bond acceptors (Lipinski definition) is 4. The number of amides is 1. The van der Waals surface area contributed by atoms with Crippen LogP contribution in [-0.4, -0.2) is 25.0 Å². The third kappa shape index (κ3) is 6.12. The summed E-state index contributed by atoms with van der Waals surface area (Å²) in [5.41, 5.74) is 1.63. The molecule has 0 spiro atoms. The highest BCUT2D eigenvalue weighted by molar-refractivity contribution is 6.33. The van der Waals surface area contributed by atoms with E-state index in [9.17, 15) is 4.79 Å². The molecule has 6 heteroatoms. The van der Waals surface area contributed by atoms with Crippen molar-refractivity contribution in [2.75, 3.05) is 12.4 Å². The number of carbonyl (C=O) groups excluding carboxylic acids is 1. The molecule has 2 aromatic rings. The number of benzene rings is 2. The standard InChI is InChI=1S/C19H21ClN2O3/c1-19(2,3)25-18(23)22-15-8-6-14(7-9-15)21-12-13-5-10-16(24-4)11-17(13)20/h5-12H,1-4H3,(H,22,23). The highest BCUT2D eigenvalue weighted by atomic mass is 35.5. The molecule has 0 atom stereocenters. The van der Waals surface area contributed by atoms with Gasteiger partial charge in [-0.1, -0.05) is 11.6 Å². The highest BCUT2D eigenvalue weighted by Crippen LogP contribution is 2.22. The van der Waals surface area contributed by atoms with Crippen LogP contribution in [0.5, 0.6) is 5.75 Å². The molecule has 1 amide bonds. The lowest BCUT2D eigenvalue weighted by Gasteiger charge is -2.19. The third-order valence-electron chi connectivity index (χ3n) is 3.07. The Morgan fingerprint density at radius 1 is 1.16 bits per heavy atom. The van der Waals surface area contributed by atoms with Crippen LogP contribution in [0.1, 0.15) is 26.3 Å². The van der Waals surface area contributed by atoms with Crippen LogP contribution in [0.25, 0.3) is 0 Å². The molecular weight excluding hydrogens is 340 g/mol. The zero-order valence-corrected chi connectivity index (χ0v) is 15.4. The maximum Gasteiger partial charge on any atom is 0.412 e. The molecule has 0 saturated heterocycles. The second kappa shape index (κ2) is 8.03. The minimum atomic E-state index is -0.536. The Morgan fingerprint density at radius 3 is 2.40 bits per heavy atom. The molecule has 0 aliphatic carbocycles. The van der Waals surface area contributed by atoms with Gasteiger partial charge in [-0.25, -0.2) is 4.79 Å². The monoisotopic (exact) mass is 360 g/mol.